The van der Waals surface area contributed by atoms with Crippen molar-refractivity contribution >= 4 is 0 Å². The summed E-state index contributed by atoms with van der Waals surface area (Å²) in [7, 11) is 0. The predicted molar refractivity (Wildman–Crippen MR) is 64.0 cm³/mol. The van der Waals surface area contributed by atoms with E-state index < -0.39 is 12.0 Å². The maximum absolute atomic E-state index is 10.1. The van der Waals surface area contributed by atoms with Gasteiger partial charge in [-0.1, -0.05) is 6.07 Å². The van der Waals surface area contributed by atoms with Gasteiger partial charge in [-0.2, -0.15) is 5.26 Å². The number of pyridine rings is 1. The number of aromatic nitrogens is 1. The van der Waals surface area contributed by atoms with Crippen molar-refractivity contribution in [3.05, 3.63) is 30.1 Å². The number of nitrogens with zero attached hydrogens (tertiary/aromatic N) is 3. The molecule has 1 aromatic heterocycles. The van der Waals surface area contributed by atoms with Gasteiger partial charge in [-0.05, 0) is 38.1 Å². The Bertz CT molecular complexity index is 381. The molecule has 4 nitrogen and oxygen atoms in total. The highest BCUT2D eigenvalue weighted by Gasteiger charge is 2.25. The van der Waals surface area contributed by atoms with Crippen molar-refractivity contribution in [2.75, 3.05) is 19.6 Å². The van der Waals surface area contributed by atoms with E-state index in [4.69, 9.17) is 5.26 Å². The van der Waals surface area contributed by atoms with E-state index in [1.807, 2.05) is 6.07 Å². The second-order valence-corrected chi connectivity index (χ2v) is 4.44. The number of nitriles is 1. The van der Waals surface area contributed by atoms with Gasteiger partial charge in [0.25, 0.3) is 0 Å². The van der Waals surface area contributed by atoms with E-state index in [-0.39, 0.29) is 0 Å². The van der Waals surface area contributed by atoms with E-state index in [0.717, 1.165) is 13.1 Å². The zero-order valence-corrected chi connectivity index (χ0v) is 9.79. The molecule has 1 aliphatic rings. The molecular weight excluding hydrogens is 214 g/mol. The van der Waals surface area contributed by atoms with Crippen LogP contribution in [0.2, 0.25) is 0 Å². The molecule has 0 spiro atoms. The SMILES string of the molecule is N#C[C@H](CN1CCCC1)[C@H](O)c1ccccn1. The molecule has 1 fully saturated rings. The minimum atomic E-state index is -0.790. The molecule has 90 valence electrons. The standard InChI is InChI=1S/C13H17N3O/c14-9-11(10-16-7-3-4-8-16)13(17)12-5-1-2-6-15-12/h1-2,5-6,11,13,17H,3-4,7-8,10H2/t11-,13+/m1/s1. The van der Waals surface area contributed by atoms with Crippen LogP contribution >= 0.6 is 0 Å². The molecular formula is C13H17N3O. The third-order valence-electron chi connectivity index (χ3n) is 3.19. The first-order valence-corrected chi connectivity index (χ1v) is 6.02. The van der Waals surface area contributed by atoms with Crippen LogP contribution in [0.15, 0.2) is 24.4 Å². The average Bonchev–Trinajstić information content (AvgIpc) is 2.89. The lowest BCUT2D eigenvalue weighted by atomic mass is 10.0. The summed E-state index contributed by atoms with van der Waals surface area (Å²) in [5.74, 6) is -0.400. The molecule has 1 saturated heterocycles. The molecule has 2 heterocycles. The summed E-state index contributed by atoms with van der Waals surface area (Å²) in [5, 5.41) is 19.3. The van der Waals surface area contributed by atoms with Crippen LogP contribution in [-0.4, -0.2) is 34.6 Å². The Morgan fingerprint density at radius 3 is 2.76 bits per heavy atom. The number of aliphatic hydroxyl groups excluding tert-OH is 1. The zero-order chi connectivity index (χ0) is 12.1. The van der Waals surface area contributed by atoms with Gasteiger partial charge in [0.15, 0.2) is 0 Å². The summed E-state index contributed by atoms with van der Waals surface area (Å²) in [6.07, 6.45) is 3.24. The normalized spacial score (nSPS) is 19.8. The van der Waals surface area contributed by atoms with Crippen LogP contribution < -0.4 is 0 Å². The molecule has 0 saturated carbocycles. The first kappa shape index (κ1) is 12.0. The van der Waals surface area contributed by atoms with Gasteiger partial charge in [-0.3, -0.25) is 4.98 Å². The first-order chi connectivity index (χ1) is 8.31. The summed E-state index contributed by atoms with van der Waals surface area (Å²) in [6.45, 7) is 2.70. The van der Waals surface area contributed by atoms with Crippen LogP contribution in [0.25, 0.3) is 0 Å². The Morgan fingerprint density at radius 1 is 1.41 bits per heavy atom. The lowest BCUT2D eigenvalue weighted by Crippen LogP contribution is -2.29. The molecule has 0 aliphatic carbocycles. The van der Waals surface area contributed by atoms with Crippen LogP contribution in [0.5, 0.6) is 0 Å². The fourth-order valence-electron chi connectivity index (χ4n) is 2.21. The van der Waals surface area contributed by atoms with Crippen molar-refractivity contribution in [2.45, 2.75) is 18.9 Å². The highest BCUT2D eigenvalue weighted by atomic mass is 16.3. The second kappa shape index (κ2) is 5.76. The molecule has 0 amide bonds. The van der Waals surface area contributed by atoms with Crippen LogP contribution in [0.3, 0.4) is 0 Å². The Labute approximate surface area is 102 Å². The van der Waals surface area contributed by atoms with Crippen LogP contribution in [0, 0.1) is 17.2 Å². The maximum atomic E-state index is 10.1. The minimum absolute atomic E-state index is 0.400. The summed E-state index contributed by atoms with van der Waals surface area (Å²) >= 11 is 0. The number of aliphatic hydroxyl groups is 1. The van der Waals surface area contributed by atoms with E-state index in [9.17, 15) is 5.11 Å². The van der Waals surface area contributed by atoms with Crippen LogP contribution in [0.1, 0.15) is 24.6 Å². The van der Waals surface area contributed by atoms with E-state index in [2.05, 4.69) is 16.0 Å². The topological polar surface area (TPSA) is 60.2 Å². The molecule has 1 aromatic rings. The number of hydrogen-bond donors (Lipinski definition) is 1. The van der Waals surface area contributed by atoms with Gasteiger partial charge >= 0.3 is 0 Å². The molecule has 0 bridgehead atoms. The third kappa shape index (κ3) is 3.02. The predicted octanol–water partition coefficient (Wildman–Crippen LogP) is 1.35. The molecule has 0 unspecified atom stereocenters. The van der Waals surface area contributed by atoms with Gasteiger partial charge in [0.05, 0.1) is 17.7 Å². The molecule has 2 atom stereocenters. The summed E-state index contributed by atoms with van der Waals surface area (Å²) in [4.78, 5) is 6.34. The van der Waals surface area contributed by atoms with Crippen LogP contribution in [-0.2, 0) is 0 Å². The van der Waals surface area contributed by atoms with Crippen molar-refractivity contribution in [3.8, 4) is 6.07 Å². The molecule has 2 rings (SSSR count). The summed E-state index contributed by atoms with van der Waals surface area (Å²) in [6, 6.07) is 7.59. The van der Waals surface area contributed by atoms with Crippen molar-refractivity contribution in [3.63, 3.8) is 0 Å². The van der Waals surface area contributed by atoms with E-state index >= 15 is 0 Å². The van der Waals surface area contributed by atoms with Crippen molar-refractivity contribution < 1.29 is 5.11 Å². The maximum Gasteiger partial charge on any atom is 0.113 e. The van der Waals surface area contributed by atoms with Gasteiger partial charge in [0.2, 0.25) is 0 Å². The van der Waals surface area contributed by atoms with Crippen molar-refractivity contribution in [2.24, 2.45) is 5.92 Å². The molecule has 1 N–H and O–H groups in total. The van der Waals surface area contributed by atoms with Crippen molar-refractivity contribution in [1.29, 1.82) is 5.26 Å². The monoisotopic (exact) mass is 231 g/mol. The quantitative estimate of drug-likeness (QED) is 0.849. The summed E-state index contributed by atoms with van der Waals surface area (Å²) in [5.41, 5.74) is 0.582. The molecule has 0 aromatic carbocycles. The Morgan fingerprint density at radius 2 is 2.18 bits per heavy atom. The van der Waals surface area contributed by atoms with Gasteiger partial charge in [-0.25, -0.2) is 0 Å². The molecule has 17 heavy (non-hydrogen) atoms. The smallest absolute Gasteiger partial charge is 0.113 e. The van der Waals surface area contributed by atoms with Gasteiger partial charge in [-0.15, -0.1) is 0 Å². The lowest BCUT2D eigenvalue weighted by Gasteiger charge is -2.22. The summed E-state index contributed by atoms with van der Waals surface area (Å²) < 4.78 is 0. The lowest BCUT2D eigenvalue weighted by molar-refractivity contribution is 0.109. The number of hydrogen-bond acceptors (Lipinski definition) is 4. The first-order valence-electron chi connectivity index (χ1n) is 6.02. The molecule has 0 radical (unpaired) electrons. The number of rotatable bonds is 4. The van der Waals surface area contributed by atoms with E-state index in [0.29, 0.717) is 12.2 Å². The van der Waals surface area contributed by atoms with E-state index in [1.165, 1.54) is 12.8 Å². The van der Waals surface area contributed by atoms with Gasteiger partial charge in [0, 0.05) is 12.7 Å². The fourth-order valence-corrected chi connectivity index (χ4v) is 2.21. The largest absolute Gasteiger partial charge is 0.385 e. The molecule has 1 aliphatic heterocycles. The van der Waals surface area contributed by atoms with Gasteiger partial charge in [0.1, 0.15) is 6.10 Å². The van der Waals surface area contributed by atoms with Crippen LogP contribution in [0.4, 0.5) is 0 Å². The third-order valence-corrected chi connectivity index (χ3v) is 3.19. The Kier molecular flexibility index (Phi) is 4.08. The Balaban J connectivity index is 2.00. The highest BCUT2D eigenvalue weighted by Crippen LogP contribution is 2.22. The zero-order valence-electron chi connectivity index (χ0n) is 9.79. The Hall–Kier alpha value is -1.44. The highest BCUT2D eigenvalue weighted by molar-refractivity contribution is 5.10. The van der Waals surface area contributed by atoms with E-state index in [1.54, 1.807) is 18.3 Å². The minimum Gasteiger partial charge on any atom is -0.385 e. The van der Waals surface area contributed by atoms with Gasteiger partial charge < -0.3 is 10.0 Å². The second-order valence-electron chi connectivity index (χ2n) is 4.44. The molecule has 4 heteroatoms. The average molecular weight is 231 g/mol. The fraction of sp³-hybridized carbons (Fsp3) is 0.538. The van der Waals surface area contributed by atoms with Crippen molar-refractivity contribution in [1.82, 2.24) is 9.88 Å². The number of likely N-dealkylation sites (tertiary alicyclic amines) is 1.